The fraction of sp³-hybridized carbons (Fsp3) is 0.667. The maximum atomic E-state index is 10.3. The molecule has 0 atom stereocenters. The molecule has 1 amide bonds. The predicted molar refractivity (Wildman–Crippen MR) is 34.8 cm³/mol. The maximum absolute atomic E-state index is 10.3. The Morgan fingerprint density at radius 3 is 2.55 bits per heavy atom. The summed E-state index contributed by atoms with van der Waals surface area (Å²) >= 11 is 0. The van der Waals surface area contributed by atoms with Gasteiger partial charge in [-0.2, -0.15) is 8.42 Å². The molecule has 0 fully saturated rings. The van der Waals surface area contributed by atoms with Crippen molar-refractivity contribution in [1.29, 1.82) is 0 Å². The first kappa shape index (κ1) is 10.1. The molecular weight excluding hydrogens is 176 g/mol. The average Bonchev–Trinajstić information content (AvgIpc) is 1.83. The molecule has 0 radical (unpaired) electrons. The lowest BCUT2D eigenvalue weighted by molar-refractivity contribution is 0.150. The molecule has 66 valence electrons. The van der Waals surface area contributed by atoms with Gasteiger partial charge in [-0.25, -0.2) is 10.2 Å². The molecule has 0 aromatic heterocycles. The van der Waals surface area contributed by atoms with Crippen LogP contribution in [0.25, 0.3) is 0 Å². The molecule has 0 aromatic rings. The second kappa shape index (κ2) is 4.11. The number of hydrogen-bond acceptors (Lipinski definition) is 4. The quantitative estimate of drug-likeness (QED) is 0.387. The largest absolute Gasteiger partial charge is 0.449 e. The van der Waals surface area contributed by atoms with Gasteiger partial charge >= 0.3 is 16.4 Å². The van der Waals surface area contributed by atoms with Crippen LogP contribution < -0.4 is 10.3 Å². The highest BCUT2D eigenvalue weighted by atomic mass is 32.2. The number of hydrogen-bond donors (Lipinski definition) is 3. The van der Waals surface area contributed by atoms with E-state index in [2.05, 4.69) is 4.74 Å². The molecule has 0 saturated heterocycles. The van der Waals surface area contributed by atoms with Crippen LogP contribution >= 0.6 is 0 Å². The van der Waals surface area contributed by atoms with Crippen molar-refractivity contribution in [2.75, 3.05) is 6.61 Å². The van der Waals surface area contributed by atoms with Crippen molar-refractivity contribution < 1.29 is 22.5 Å². The van der Waals surface area contributed by atoms with Gasteiger partial charge in [-0.3, -0.25) is 4.55 Å². The van der Waals surface area contributed by atoms with Crippen LogP contribution in [0.3, 0.4) is 0 Å². The highest BCUT2D eigenvalue weighted by Gasteiger charge is 2.05. The van der Waals surface area contributed by atoms with Gasteiger partial charge in [0.15, 0.2) is 0 Å². The summed E-state index contributed by atoms with van der Waals surface area (Å²) in [5.41, 5.74) is 1.57. The number of nitrogens with one attached hydrogen (secondary N) is 2. The van der Waals surface area contributed by atoms with Crippen molar-refractivity contribution in [1.82, 2.24) is 10.3 Å². The number of ether oxygens (including phenoxy) is 1. The van der Waals surface area contributed by atoms with E-state index in [1.54, 1.807) is 12.3 Å². The van der Waals surface area contributed by atoms with E-state index in [0.29, 0.717) is 0 Å². The van der Waals surface area contributed by atoms with Gasteiger partial charge in [0.2, 0.25) is 0 Å². The van der Waals surface area contributed by atoms with Crippen LogP contribution in [0.5, 0.6) is 0 Å². The van der Waals surface area contributed by atoms with Crippen LogP contribution in [-0.2, 0) is 15.0 Å². The molecule has 0 rings (SSSR count). The molecule has 0 aromatic carbocycles. The summed E-state index contributed by atoms with van der Waals surface area (Å²) in [6.07, 6.45) is -0.981. The van der Waals surface area contributed by atoms with Gasteiger partial charge in [0.05, 0.1) is 6.61 Å². The lowest BCUT2D eigenvalue weighted by atomic mass is 10.9. The van der Waals surface area contributed by atoms with Crippen molar-refractivity contribution in [3.8, 4) is 0 Å². The third-order valence-electron chi connectivity index (χ3n) is 0.558. The minimum atomic E-state index is -4.40. The van der Waals surface area contributed by atoms with E-state index >= 15 is 0 Å². The zero-order valence-electron chi connectivity index (χ0n) is 5.70. The number of carbonyl (C=O) groups excluding carboxylic acids is 1. The van der Waals surface area contributed by atoms with E-state index in [1.807, 2.05) is 0 Å². The second-order valence-electron chi connectivity index (χ2n) is 1.42. The van der Waals surface area contributed by atoms with Gasteiger partial charge in [-0.15, -0.1) is 4.83 Å². The van der Waals surface area contributed by atoms with E-state index in [-0.39, 0.29) is 6.61 Å². The Kier molecular flexibility index (Phi) is 3.79. The summed E-state index contributed by atoms with van der Waals surface area (Å²) in [5, 5.41) is 0. The van der Waals surface area contributed by atoms with Crippen molar-refractivity contribution in [2.24, 2.45) is 0 Å². The summed E-state index contributed by atoms with van der Waals surface area (Å²) in [5.74, 6) is 0. The molecule has 3 N–H and O–H groups in total. The van der Waals surface area contributed by atoms with E-state index in [0.717, 1.165) is 0 Å². The number of rotatable bonds is 3. The van der Waals surface area contributed by atoms with Gasteiger partial charge in [-0.05, 0) is 6.92 Å². The number of hydrazine groups is 1. The molecule has 0 spiro atoms. The molecule has 8 heteroatoms. The van der Waals surface area contributed by atoms with E-state index in [9.17, 15) is 13.2 Å². The van der Waals surface area contributed by atoms with Gasteiger partial charge in [0.1, 0.15) is 0 Å². The lowest BCUT2D eigenvalue weighted by Gasteiger charge is -2.02. The molecule has 0 aliphatic rings. The molecule has 0 aliphatic carbocycles. The highest BCUT2D eigenvalue weighted by Crippen LogP contribution is 1.74. The first-order chi connectivity index (χ1) is 4.95. The van der Waals surface area contributed by atoms with Crippen LogP contribution in [0.1, 0.15) is 6.92 Å². The van der Waals surface area contributed by atoms with Gasteiger partial charge in [-0.1, -0.05) is 0 Å². The number of amides is 1. The molecule has 0 bridgehead atoms. The molecule has 0 heterocycles. The Balaban J connectivity index is 3.64. The maximum Gasteiger partial charge on any atom is 0.422 e. The SMILES string of the molecule is CCOC(=O)NNS(=O)(=O)O. The van der Waals surface area contributed by atoms with E-state index < -0.39 is 16.4 Å². The first-order valence-electron chi connectivity index (χ1n) is 2.62. The Morgan fingerprint density at radius 2 is 2.18 bits per heavy atom. The summed E-state index contributed by atoms with van der Waals surface area (Å²) < 4.78 is 32.1. The van der Waals surface area contributed by atoms with Gasteiger partial charge in [0.25, 0.3) is 0 Å². The van der Waals surface area contributed by atoms with Crippen LogP contribution in [0.4, 0.5) is 4.79 Å². The Hall–Kier alpha value is -0.860. The minimum absolute atomic E-state index is 0.110. The van der Waals surface area contributed by atoms with Gasteiger partial charge in [0, 0.05) is 0 Å². The third-order valence-corrected chi connectivity index (χ3v) is 0.918. The molecule has 0 saturated carbocycles. The minimum Gasteiger partial charge on any atom is -0.449 e. The normalized spacial score (nSPS) is 10.7. The van der Waals surface area contributed by atoms with Crippen molar-refractivity contribution in [3.05, 3.63) is 0 Å². The zero-order chi connectivity index (χ0) is 8.91. The first-order valence-corrected chi connectivity index (χ1v) is 4.06. The summed E-state index contributed by atoms with van der Waals surface area (Å²) in [6.45, 7) is 1.66. The highest BCUT2D eigenvalue weighted by molar-refractivity contribution is 7.83. The Bertz CT molecular complexity index is 222. The second-order valence-corrected chi connectivity index (χ2v) is 2.58. The fourth-order valence-electron chi connectivity index (χ4n) is 0.273. The smallest absolute Gasteiger partial charge is 0.422 e. The number of carbonyl (C=O) groups is 1. The molecular formula is C3H8N2O5S. The van der Waals surface area contributed by atoms with Gasteiger partial charge < -0.3 is 4.74 Å². The standard InChI is InChI=1S/C3H8N2O5S/c1-2-10-3(6)4-5-11(7,8)9/h5H,2H2,1H3,(H,4,6)(H,7,8,9). The zero-order valence-corrected chi connectivity index (χ0v) is 6.51. The van der Waals surface area contributed by atoms with Crippen molar-refractivity contribution >= 4 is 16.4 Å². The van der Waals surface area contributed by atoms with E-state index in [4.69, 9.17) is 4.55 Å². The van der Waals surface area contributed by atoms with Crippen LogP contribution in [0.15, 0.2) is 0 Å². The molecule has 0 aliphatic heterocycles. The monoisotopic (exact) mass is 184 g/mol. The van der Waals surface area contributed by atoms with Crippen LogP contribution in [-0.4, -0.2) is 25.7 Å². The lowest BCUT2D eigenvalue weighted by Crippen LogP contribution is -2.41. The van der Waals surface area contributed by atoms with Crippen LogP contribution in [0.2, 0.25) is 0 Å². The molecule has 7 nitrogen and oxygen atoms in total. The van der Waals surface area contributed by atoms with Crippen LogP contribution in [0, 0.1) is 0 Å². The van der Waals surface area contributed by atoms with Crippen molar-refractivity contribution in [3.63, 3.8) is 0 Å². The third kappa shape index (κ3) is 7.03. The average molecular weight is 184 g/mol. The molecule has 11 heavy (non-hydrogen) atoms. The Morgan fingerprint density at radius 1 is 1.64 bits per heavy atom. The fourth-order valence-corrected chi connectivity index (χ4v) is 0.486. The summed E-state index contributed by atoms with van der Waals surface area (Å²) in [6, 6.07) is 0. The van der Waals surface area contributed by atoms with Crippen molar-refractivity contribution in [2.45, 2.75) is 6.92 Å². The van der Waals surface area contributed by atoms with E-state index in [1.165, 1.54) is 4.83 Å². The summed E-state index contributed by atoms with van der Waals surface area (Å²) in [7, 11) is -4.40. The molecule has 0 unspecified atom stereocenters. The topological polar surface area (TPSA) is 105 Å². The predicted octanol–water partition coefficient (Wildman–Crippen LogP) is -0.960. The summed E-state index contributed by atoms with van der Waals surface area (Å²) in [4.78, 5) is 11.6. The Labute approximate surface area is 63.6 Å².